The molecule has 0 spiro atoms. The van der Waals surface area contributed by atoms with Gasteiger partial charge in [0.2, 0.25) is 0 Å². The van der Waals surface area contributed by atoms with E-state index in [1.54, 1.807) is 0 Å². The maximum atomic E-state index is 5.79. The molecule has 0 aromatic carbocycles. The van der Waals surface area contributed by atoms with Gasteiger partial charge >= 0.3 is 0 Å². The van der Waals surface area contributed by atoms with Crippen LogP contribution in [0, 0.1) is 0 Å². The van der Waals surface area contributed by atoms with Crippen molar-refractivity contribution in [3.63, 3.8) is 0 Å². The minimum atomic E-state index is 0.343. The highest BCUT2D eigenvalue weighted by Crippen LogP contribution is 2.20. The fraction of sp³-hybridized carbons (Fsp3) is 0.727. The third kappa shape index (κ3) is 2.58. The maximum Gasteiger partial charge on any atom is 0.0775 e. The molecule has 15 heavy (non-hydrogen) atoms. The molecule has 1 aliphatic rings. The van der Waals surface area contributed by atoms with Crippen LogP contribution in [-0.4, -0.2) is 29.0 Å². The van der Waals surface area contributed by atoms with Crippen LogP contribution in [0.4, 0.5) is 0 Å². The van der Waals surface area contributed by atoms with Crippen LogP contribution in [0.25, 0.3) is 0 Å². The van der Waals surface area contributed by atoms with Gasteiger partial charge in [-0.1, -0.05) is 0 Å². The Hall–Kier alpha value is -0.870. The standard InChI is InChI=1S/C11H19N3O/c1-9-3-4-11(15-9)8-14-10(7-12-2)5-6-13-14/h5-6,9,11-12H,3-4,7-8H2,1-2H3. The molecular formula is C11H19N3O. The molecule has 2 heterocycles. The lowest BCUT2D eigenvalue weighted by atomic mass is 10.2. The Morgan fingerprint density at radius 1 is 1.60 bits per heavy atom. The van der Waals surface area contributed by atoms with Gasteiger partial charge in [0, 0.05) is 12.7 Å². The molecular weight excluding hydrogens is 190 g/mol. The van der Waals surface area contributed by atoms with Crippen molar-refractivity contribution in [2.45, 2.75) is 45.1 Å². The van der Waals surface area contributed by atoms with Gasteiger partial charge in [0.05, 0.1) is 24.4 Å². The summed E-state index contributed by atoms with van der Waals surface area (Å²) in [5.41, 5.74) is 1.22. The van der Waals surface area contributed by atoms with Gasteiger partial charge in [-0.25, -0.2) is 0 Å². The summed E-state index contributed by atoms with van der Waals surface area (Å²) >= 11 is 0. The van der Waals surface area contributed by atoms with Crippen molar-refractivity contribution < 1.29 is 4.74 Å². The topological polar surface area (TPSA) is 39.1 Å². The van der Waals surface area contributed by atoms with Gasteiger partial charge in [0.1, 0.15) is 0 Å². The summed E-state index contributed by atoms with van der Waals surface area (Å²) in [4.78, 5) is 0. The summed E-state index contributed by atoms with van der Waals surface area (Å²) in [6.45, 7) is 3.88. The van der Waals surface area contributed by atoms with E-state index in [-0.39, 0.29) is 0 Å². The van der Waals surface area contributed by atoms with Crippen LogP contribution < -0.4 is 5.32 Å². The number of rotatable bonds is 4. The van der Waals surface area contributed by atoms with E-state index in [1.807, 2.05) is 17.9 Å². The van der Waals surface area contributed by atoms with E-state index in [2.05, 4.69) is 23.4 Å². The molecule has 1 N–H and O–H groups in total. The zero-order chi connectivity index (χ0) is 10.7. The molecule has 0 radical (unpaired) electrons. The van der Waals surface area contributed by atoms with Crippen molar-refractivity contribution in [3.8, 4) is 0 Å². The number of hydrogen-bond donors (Lipinski definition) is 1. The van der Waals surface area contributed by atoms with Crippen molar-refractivity contribution in [2.75, 3.05) is 7.05 Å². The van der Waals surface area contributed by atoms with E-state index in [1.165, 1.54) is 12.1 Å². The van der Waals surface area contributed by atoms with Gasteiger partial charge < -0.3 is 10.1 Å². The van der Waals surface area contributed by atoms with Crippen LogP contribution in [-0.2, 0) is 17.8 Å². The van der Waals surface area contributed by atoms with E-state index < -0.39 is 0 Å². The first-order valence-corrected chi connectivity index (χ1v) is 5.60. The van der Waals surface area contributed by atoms with E-state index in [9.17, 15) is 0 Å². The zero-order valence-corrected chi connectivity index (χ0v) is 9.44. The largest absolute Gasteiger partial charge is 0.373 e. The van der Waals surface area contributed by atoms with Gasteiger partial charge in [-0.15, -0.1) is 0 Å². The zero-order valence-electron chi connectivity index (χ0n) is 9.44. The van der Waals surface area contributed by atoms with Crippen LogP contribution >= 0.6 is 0 Å². The van der Waals surface area contributed by atoms with E-state index in [4.69, 9.17) is 4.74 Å². The molecule has 2 atom stereocenters. The molecule has 2 rings (SSSR count). The number of aromatic nitrogens is 2. The number of nitrogens with zero attached hydrogens (tertiary/aromatic N) is 2. The molecule has 0 amide bonds. The van der Waals surface area contributed by atoms with Crippen molar-refractivity contribution >= 4 is 0 Å². The first-order chi connectivity index (χ1) is 7.29. The van der Waals surface area contributed by atoms with Crippen molar-refractivity contribution in [1.82, 2.24) is 15.1 Å². The lowest BCUT2D eigenvalue weighted by Gasteiger charge is -2.13. The third-order valence-corrected chi connectivity index (χ3v) is 2.86. The Labute approximate surface area is 90.6 Å². The van der Waals surface area contributed by atoms with Gasteiger partial charge in [0.15, 0.2) is 0 Å². The molecule has 1 aromatic heterocycles. The fourth-order valence-corrected chi connectivity index (χ4v) is 2.07. The molecule has 4 heteroatoms. The molecule has 84 valence electrons. The molecule has 1 aliphatic heterocycles. The summed E-state index contributed by atoms with van der Waals surface area (Å²) < 4.78 is 7.83. The summed E-state index contributed by atoms with van der Waals surface area (Å²) in [5, 5.41) is 7.46. The predicted octanol–water partition coefficient (Wildman–Crippen LogP) is 1.17. The Balaban J connectivity index is 1.95. The molecule has 4 nitrogen and oxygen atoms in total. The molecule has 1 aromatic rings. The maximum absolute atomic E-state index is 5.79. The second-order valence-electron chi connectivity index (χ2n) is 4.18. The predicted molar refractivity (Wildman–Crippen MR) is 58.6 cm³/mol. The van der Waals surface area contributed by atoms with Crippen LogP contribution in [0.15, 0.2) is 12.3 Å². The fourth-order valence-electron chi connectivity index (χ4n) is 2.07. The molecule has 0 saturated carbocycles. The van der Waals surface area contributed by atoms with Crippen LogP contribution in [0.1, 0.15) is 25.5 Å². The van der Waals surface area contributed by atoms with E-state index in [0.717, 1.165) is 19.5 Å². The monoisotopic (exact) mass is 209 g/mol. The highest BCUT2D eigenvalue weighted by Gasteiger charge is 2.22. The van der Waals surface area contributed by atoms with Crippen LogP contribution in [0.2, 0.25) is 0 Å². The summed E-state index contributed by atoms with van der Waals surface area (Å²) in [6.07, 6.45) is 4.94. The smallest absolute Gasteiger partial charge is 0.0775 e. The Morgan fingerprint density at radius 2 is 2.47 bits per heavy atom. The summed E-state index contributed by atoms with van der Waals surface area (Å²) in [6, 6.07) is 2.05. The summed E-state index contributed by atoms with van der Waals surface area (Å²) in [5.74, 6) is 0. The number of hydrogen-bond acceptors (Lipinski definition) is 3. The highest BCUT2D eigenvalue weighted by molar-refractivity contribution is 5.00. The minimum absolute atomic E-state index is 0.343. The molecule has 0 aliphatic carbocycles. The molecule has 0 bridgehead atoms. The van der Waals surface area contributed by atoms with Crippen molar-refractivity contribution in [2.24, 2.45) is 0 Å². The van der Waals surface area contributed by atoms with Crippen LogP contribution in [0.5, 0.6) is 0 Å². The normalized spacial score (nSPS) is 26.0. The molecule has 1 saturated heterocycles. The first kappa shape index (κ1) is 10.6. The molecule has 1 fully saturated rings. The first-order valence-electron chi connectivity index (χ1n) is 5.60. The third-order valence-electron chi connectivity index (χ3n) is 2.86. The summed E-state index contributed by atoms with van der Waals surface area (Å²) in [7, 11) is 1.95. The van der Waals surface area contributed by atoms with E-state index >= 15 is 0 Å². The van der Waals surface area contributed by atoms with Crippen molar-refractivity contribution in [3.05, 3.63) is 18.0 Å². The minimum Gasteiger partial charge on any atom is -0.373 e. The van der Waals surface area contributed by atoms with Gasteiger partial charge in [-0.05, 0) is 32.9 Å². The lowest BCUT2D eigenvalue weighted by molar-refractivity contribution is 0.0431. The second-order valence-corrected chi connectivity index (χ2v) is 4.18. The Bertz CT molecular complexity index is 311. The van der Waals surface area contributed by atoms with Gasteiger partial charge in [-0.3, -0.25) is 4.68 Å². The lowest BCUT2D eigenvalue weighted by Crippen LogP contribution is -2.20. The van der Waals surface area contributed by atoms with Crippen LogP contribution in [0.3, 0.4) is 0 Å². The van der Waals surface area contributed by atoms with Gasteiger partial charge in [-0.2, -0.15) is 5.10 Å². The number of ether oxygens (including phenoxy) is 1. The Kier molecular flexibility index (Phi) is 3.38. The van der Waals surface area contributed by atoms with Gasteiger partial charge in [0.25, 0.3) is 0 Å². The highest BCUT2D eigenvalue weighted by atomic mass is 16.5. The molecule has 2 unspecified atom stereocenters. The Morgan fingerprint density at radius 3 is 3.13 bits per heavy atom. The average Bonchev–Trinajstić information content (AvgIpc) is 2.78. The number of nitrogens with one attached hydrogen (secondary N) is 1. The van der Waals surface area contributed by atoms with Crippen molar-refractivity contribution in [1.29, 1.82) is 0 Å². The quantitative estimate of drug-likeness (QED) is 0.809. The van der Waals surface area contributed by atoms with E-state index in [0.29, 0.717) is 12.2 Å². The SMILES string of the molecule is CNCc1ccnn1CC1CCC(C)O1. The average molecular weight is 209 g/mol. The second kappa shape index (κ2) is 4.77.